The standard InChI is InChI=1S/C28H32ClN3O5/c1-16-7-10-23-17(2)25(34-26-28(23)22(16)11-12-27(3,35-26)36-37-28)33-15-20-14-32(31-30-20)24-6-4-5-18-13-19(29)8-9-21(18)24/h4-6,8-9,13-14,16-17,22-23,25-26H,7,10-12,15H2,1-3H3/t16-,17-,22+,23+,25+,26-,27+,28-/m1/s1. The van der Waals surface area contributed by atoms with Crippen molar-refractivity contribution in [1.82, 2.24) is 15.0 Å². The second kappa shape index (κ2) is 8.73. The van der Waals surface area contributed by atoms with Crippen LogP contribution in [-0.2, 0) is 30.6 Å². The van der Waals surface area contributed by atoms with Crippen molar-refractivity contribution in [3.63, 3.8) is 0 Å². The highest BCUT2D eigenvalue weighted by atomic mass is 35.5. The fraction of sp³-hybridized carbons (Fsp3) is 0.571. The smallest absolute Gasteiger partial charge is 0.201 e. The van der Waals surface area contributed by atoms with Gasteiger partial charge in [-0.15, -0.1) is 5.10 Å². The van der Waals surface area contributed by atoms with E-state index < -0.39 is 24.0 Å². The molecule has 5 fully saturated rings. The van der Waals surface area contributed by atoms with Gasteiger partial charge in [-0.05, 0) is 61.6 Å². The van der Waals surface area contributed by atoms with Crippen molar-refractivity contribution in [2.75, 3.05) is 0 Å². The molecule has 8 nitrogen and oxygen atoms in total. The number of nitrogens with zero attached hydrogens (tertiary/aromatic N) is 3. The maximum absolute atomic E-state index is 6.52. The van der Waals surface area contributed by atoms with Crippen LogP contribution in [0.1, 0.15) is 52.1 Å². The molecule has 0 amide bonds. The van der Waals surface area contributed by atoms with Crippen LogP contribution in [0.2, 0.25) is 5.02 Å². The average Bonchev–Trinajstić information content (AvgIpc) is 3.24. The van der Waals surface area contributed by atoms with E-state index in [0.29, 0.717) is 16.9 Å². The minimum atomic E-state index is -0.798. The second-order valence-corrected chi connectivity index (χ2v) is 11.8. The molecule has 9 heteroatoms. The largest absolute Gasteiger partial charge is 0.346 e. The van der Waals surface area contributed by atoms with Crippen LogP contribution in [0.15, 0.2) is 42.6 Å². The summed E-state index contributed by atoms with van der Waals surface area (Å²) in [6.07, 6.45) is 4.93. The van der Waals surface area contributed by atoms with E-state index in [1.807, 2.05) is 49.5 Å². The Balaban J connectivity index is 1.12. The van der Waals surface area contributed by atoms with E-state index in [4.69, 9.17) is 35.6 Å². The SMILES string of the molecule is C[C@H]1[C@@H](OCc2cn(-c3cccc4cc(Cl)ccc34)nn2)O[C@@H]2O[C@]3(C)CC[C@H]4[C@H](C)CC[C@@H]1[C@@]24OO3. The first-order valence-electron chi connectivity index (χ1n) is 13.3. The Labute approximate surface area is 221 Å². The van der Waals surface area contributed by atoms with Crippen LogP contribution in [0.4, 0.5) is 0 Å². The van der Waals surface area contributed by atoms with Gasteiger partial charge in [0.05, 0.1) is 18.5 Å². The predicted molar refractivity (Wildman–Crippen MR) is 135 cm³/mol. The molecule has 196 valence electrons. The van der Waals surface area contributed by atoms with Crippen molar-refractivity contribution in [2.45, 2.75) is 77.0 Å². The summed E-state index contributed by atoms with van der Waals surface area (Å²) in [5, 5.41) is 11.5. The Morgan fingerprint density at radius 1 is 1.11 bits per heavy atom. The Kier molecular flexibility index (Phi) is 5.66. The van der Waals surface area contributed by atoms with Crippen molar-refractivity contribution >= 4 is 22.4 Å². The molecule has 8 rings (SSSR count). The van der Waals surface area contributed by atoms with Gasteiger partial charge < -0.3 is 14.2 Å². The van der Waals surface area contributed by atoms with Crippen molar-refractivity contribution in [3.8, 4) is 5.69 Å². The minimum absolute atomic E-state index is 0.110. The van der Waals surface area contributed by atoms with Gasteiger partial charge in [-0.3, -0.25) is 0 Å². The molecule has 2 aromatic carbocycles. The summed E-state index contributed by atoms with van der Waals surface area (Å²) >= 11 is 6.18. The van der Waals surface area contributed by atoms with Crippen LogP contribution in [0, 0.1) is 23.7 Å². The number of fused-ring (bicyclic) bond motifs is 3. The number of hydrogen-bond donors (Lipinski definition) is 0. The summed E-state index contributed by atoms with van der Waals surface area (Å²) in [6, 6.07) is 11.9. The number of hydrogen-bond acceptors (Lipinski definition) is 7. The molecule has 0 radical (unpaired) electrons. The van der Waals surface area contributed by atoms with Gasteiger partial charge in [0.1, 0.15) is 5.69 Å². The van der Waals surface area contributed by atoms with E-state index in [1.165, 1.54) is 0 Å². The van der Waals surface area contributed by atoms with Crippen LogP contribution in [0.3, 0.4) is 0 Å². The van der Waals surface area contributed by atoms with Gasteiger partial charge in [-0.25, -0.2) is 14.5 Å². The van der Waals surface area contributed by atoms with E-state index in [9.17, 15) is 0 Å². The van der Waals surface area contributed by atoms with Gasteiger partial charge >= 0.3 is 0 Å². The predicted octanol–water partition coefficient (Wildman–Crippen LogP) is 5.80. The average molecular weight is 526 g/mol. The fourth-order valence-corrected chi connectivity index (χ4v) is 7.33. The van der Waals surface area contributed by atoms with E-state index in [-0.39, 0.29) is 18.4 Å². The summed E-state index contributed by atoms with van der Waals surface area (Å²) in [7, 11) is 0. The maximum atomic E-state index is 6.52. The van der Waals surface area contributed by atoms with Gasteiger partial charge in [-0.1, -0.05) is 48.9 Å². The number of aromatic nitrogens is 3. The lowest BCUT2D eigenvalue weighted by atomic mass is 9.58. The molecular formula is C28H32ClN3O5. The topological polar surface area (TPSA) is 76.9 Å². The third-order valence-electron chi connectivity index (χ3n) is 9.10. The van der Waals surface area contributed by atoms with E-state index >= 15 is 0 Å². The lowest BCUT2D eigenvalue weighted by molar-refractivity contribution is -0.577. The summed E-state index contributed by atoms with van der Waals surface area (Å²) in [4.78, 5) is 12.1. The number of ether oxygens (including phenoxy) is 3. The molecule has 0 N–H and O–H groups in total. The van der Waals surface area contributed by atoms with Gasteiger partial charge in [0.15, 0.2) is 18.2 Å². The molecule has 4 aliphatic heterocycles. The normalized spacial score (nSPS) is 38.9. The first kappa shape index (κ1) is 24.0. The Hall–Kier alpha value is -2.07. The highest BCUT2D eigenvalue weighted by Gasteiger charge is 2.69. The highest BCUT2D eigenvalue weighted by molar-refractivity contribution is 6.31. The van der Waals surface area contributed by atoms with Crippen molar-refractivity contribution in [3.05, 3.63) is 53.3 Å². The molecular weight excluding hydrogens is 494 g/mol. The Bertz CT molecular complexity index is 1330. The first-order valence-corrected chi connectivity index (χ1v) is 13.7. The summed E-state index contributed by atoms with van der Waals surface area (Å²) < 4.78 is 21.1. The molecule has 1 spiro atoms. The van der Waals surface area contributed by atoms with Gasteiger partial charge in [0.25, 0.3) is 0 Å². The molecule has 5 heterocycles. The van der Waals surface area contributed by atoms with Gasteiger partial charge in [0, 0.05) is 28.7 Å². The van der Waals surface area contributed by atoms with Gasteiger partial charge in [0.2, 0.25) is 5.79 Å². The Morgan fingerprint density at radius 2 is 2.00 bits per heavy atom. The van der Waals surface area contributed by atoms with Crippen LogP contribution in [-0.4, -0.2) is 39.0 Å². The minimum Gasteiger partial charge on any atom is -0.346 e. The molecule has 1 aliphatic carbocycles. The monoisotopic (exact) mass is 525 g/mol. The molecule has 0 unspecified atom stereocenters. The molecule has 4 saturated heterocycles. The van der Waals surface area contributed by atoms with Crippen LogP contribution in [0.25, 0.3) is 16.5 Å². The van der Waals surface area contributed by atoms with E-state index in [0.717, 1.165) is 47.8 Å². The molecule has 3 aromatic rings. The number of rotatable bonds is 4. The lowest BCUT2D eigenvalue weighted by Crippen LogP contribution is -2.70. The number of benzene rings is 2. The molecule has 8 atom stereocenters. The quantitative estimate of drug-likeness (QED) is 0.398. The molecule has 37 heavy (non-hydrogen) atoms. The van der Waals surface area contributed by atoms with Crippen molar-refractivity contribution in [2.24, 2.45) is 23.7 Å². The Morgan fingerprint density at radius 3 is 2.89 bits per heavy atom. The lowest BCUT2D eigenvalue weighted by Gasteiger charge is -2.60. The van der Waals surface area contributed by atoms with Crippen LogP contribution < -0.4 is 0 Å². The number of halogens is 1. The molecule has 1 saturated carbocycles. The molecule has 5 aliphatic rings. The maximum Gasteiger partial charge on any atom is 0.201 e. The third-order valence-corrected chi connectivity index (χ3v) is 9.33. The molecule has 2 bridgehead atoms. The van der Waals surface area contributed by atoms with Crippen LogP contribution >= 0.6 is 11.6 Å². The highest BCUT2D eigenvalue weighted by Crippen LogP contribution is 2.60. The van der Waals surface area contributed by atoms with E-state index in [1.54, 1.807) is 4.68 Å². The fourth-order valence-electron chi connectivity index (χ4n) is 7.15. The summed E-state index contributed by atoms with van der Waals surface area (Å²) in [6.45, 7) is 6.73. The van der Waals surface area contributed by atoms with Crippen molar-refractivity contribution in [1.29, 1.82) is 0 Å². The first-order chi connectivity index (χ1) is 17.9. The van der Waals surface area contributed by atoms with E-state index in [2.05, 4.69) is 24.2 Å². The van der Waals surface area contributed by atoms with Crippen molar-refractivity contribution < 1.29 is 24.0 Å². The summed E-state index contributed by atoms with van der Waals surface area (Å²) in [5.41, 5.74) is 1.08. The van der Waals surface area contributed by atoms with Gasteiger partial charge in [-0.2, -0.15) is 0 Å². The third kappa shape index (κ3) is 3.76. The zero-order valence-corrected chi connectivity index (χ0v) is 22.1. The summed E-state index contributed by atoms with van der Waals surface area (Å²) in [5.74, 6) is 0.393. The van der Waals surface area contributed by atoms with Crippen LogP contribution in [0.5, 0.6) is 0 Å². The zero-order valence-electron chi connectivity index (χ0n) is 21.3. The second-order valence-electron chi connectivity index (χ2n) is 11.4. The zero-order chi connectivity index (χ0) is 25.4. The molecule has 1 aromatic heterocycles.